The van der Waals surface area contributed by atoms with E-state index >= 15 is 0 Å². The van der Waals surface area contributed by atoms with Crippen LogP contribution in [0.15, 0.2) is 59.5 Å². The monoisotopic (exact) mass is 450 g/mol. The van der Waals surface area contributed by atoms with Gasteiger partial charge in [0.2, 0.25) is 0 Å². The molecule has 2 aromatic carbocycles. The first-order valence-electron chi connectivity index (χ1n) is 10.0. The number of morpholine rings is 1. The fourth-order valence-corrected chi connectivity index (χ4v) is 4.56. The first-order chi connectivity index (χ1) is 15.4. The zero-order chi connectivity index (χ0) is 22.6. The maximum atomic E-state index is 12.7. The maximum absolute atomic E-state index is 12.7. The molecule has 0 unspecified atom stereocenters. The molecule has 1 aliphatic rings. The average molecular weight is 451 g/mol. The number of nitrogens with zero attached hydrogens (tertiary/aromatic N) is 4. The van der Waals surface area contributed by atoms with Crippen LogP contribution in [0.25, 0.3) is 0 Å². The van der Waals surface area contributed by atoms with Crippen LogP contribution < -0.4 is 14.9 Å². The molecule has 1 saturated heterocycles. The summed E-state index contributed by atoms with van der Waals surface area (Å²) in [6.45, 7) is 4.73. The molecule has 0 radical (unpaired) electrons. The van der Waals surface area contributed by atoms with E-state index < -0.39 is 10.0 Å². The molecule has 0 bridgehead atoms. The van der Waals surface area contributed by atoms with Crippen molar-refractivity contribution in [3.63, 3.8) is 0 Å². The predicted octanol–water partition coefficient (Wildman–Crippen LogP) is 3.04. The second-order valence-corrected chi connectivity index (χ2v) is 8.82. The molecule has 1 aliphatic heterocycles. The summed E-state index contributed by atoms with van der Waals surface area (Å²) in [7, 11) is -3.88. The molecule has 3 aromatic rings. The van der Waals surface area contributed by atoms with Crippen LogP contribution in [0.3, 0.4) is 0 Å². The Kier molecular flexibility index (Phi) is 6.20. The van der Waals surface area contributed by atoms with Crippen LogP contribution in [0.1, 0.15) is 11.4 Å². The average Bonchev–Trinajstić information content (AvgIpc) is 2.80. The first-order valence-corrected chi connectivity index (χ1v) is 11.5. The number of rotatable bonds is 6. The molecule has 0 saturated carbocycles. The molecule has 0 spiro atoms. The molecular weight excluding hydrogens is 428 g/mol. The molecule has 0 aliphatic carbocycles. The minimum Gasteiger partial charge on any atom is -0.378 e. The van der Waals surface area contributed by atoms with Crippen molar-refractivity contribution in [2.24, 2.45) is 0 Å². The van der Waals surface area contributed by atoms with E-state index in [1.165, 1.54) is 12.1 Å². The van der Waals surface area contributed by atoms with Gasteiger partial charge < -0.3 is 15.0 Å². The van der Waals surface area contributed by atoms with Crippen molar-refractivity contribution in [3.8, 4) is 6.07 Å². The number of hydrogen-bond donors (Lipinski definition) is 2. The van der Waals surface area contributed by atoms with Gasteiger partial charge in [0, 0.05) is 30.5 Å². The number of aryl methyl sites for hydroxylation is 1. The van der Waals surface area contributed by atoms with E-state index in [0.717, 1.165) is 24.6 Å². The highest BCUT2D eigenvalue weighted by Gasteiger charge is 2.18. The van der Waals surface area contributed by atoms with Crippen LogP contribution in [-0.2, 0) is 14.8 Å². The van der Waals surface area contributed by atoms with E-state index in [-0.39, 0.29) is 10.5 Å². The van der Waals surface area contributed by atoms with Gasteiger partial charge in [0.05, 0.1) is 18.8 Å². The van der Waals surface area contributed by atoms with Gasteiger partial charge in [0.25, 0.3) is 10.0 Å². The second kappa shape index (κ2) is 9.21. The van der Waals surface area contributed by atoms with Gasteiger partial charge in [0.1, 0.15) is 28.4 Å². The molecule has 0 atom stereocenters. The van der Waals surface area contributed by atoms with Crippen LogP contribution in [0.4, 0.5) is 23.0 Å². The standard InChI is InChI=1S/C22H22N6O3S/c1-16-24-21(14-22(25-16)28-10-12-31-13-11-28)26-18-6-8-19(9-7-18)27-32(29,30)20-5-3-2-4-17(20)15-23/h2-9,14,27H,10-13H2,1H3,(H,24,25,26). The van der Waals surface area contributed by atoms with Gasteiger partial charge in [-0.1, -0.05) is 12.1 Å². The van der Waals surface area contributed by atoms with E-state index in [1.54, 1.807) is 36.4 Å². The number of nitrogens with one attached hydrogen (secondary N) is 2. The van der Waals surface area contributed by atoms with E-state index in [0.29, 0.717) is 30.5 Å². The van der Waals surface area contributed by atoms with E-state index in [4.69, 9.17) is 4.74 Å². The lowest BCUT2D eigenvalue weighted by atomic mass is 10.2. The Labute approximate surface area is 186 Å². The van der Waals surface area contributed by atoms with Crippen molar-refractivity contribution < 1.29 is 13.2 Å². The van der Waals surface area contributed by atoms with Gasteiger partial charge in [-0.05, 0) is 43.3 Å². The lowest BCUT2D eigenvalue weighted by molar-refractivity contribution is 0.122. The molecule has 2 N–H and O–H groups in total. The molecule has 32 heavy (non-hydrogen) atoms. The van der Waals surface area contributed by atoms with Crippen molar-refractivity contribution >= 4 is 33.0 Å². The van der Waals surface area contributed by atoms with Crippen molar-refractivity contribution in [1.82, 2.24) is 9.97 Å². The van der Waals surface area contributed by atoms with Crippen molar-refractivity contribution in [1.29, 1.82) is 5.26 Å². The summed E-state index contributed by atoms with van der Waals surface area (Å²) in [5, 5.41) is 12.4. The molecule has 10 heteroatoms. The number of hydrogen-bond acceptors (Lipinski definition) is 8. The third-order valence-electron chi connectivity index (χ3n) is 4.87. The van der Waals surface area contributed by atoms with Crippen molar-refractivity contribution in [2.75, 3.05) is 41.2 Å². The molecule has 1 fully saturated rings. The molecular formula is C22H22N6O3S. The lowest BCUT2D eigenvalue weighted by Gasteiger charge is -2.28. The SMILES string of the molecule is Cc1nc(Nc2ccc(NS(=O)(=O)c3ccccc3C#N)cc2)cc(N2CCOCC2)n1. The third kappa shape index (κ3) is 4.96. The fourth-order valence-electron chi connectivity index (χ4n) is 3.34. The normalized spacial score (nSPS) is 13.9. The highest BCUT2D eigenvalue weighted by Crippen LogP contribution is 2.24. The number of aromatic nitrogens is 2. The van der Waals surface area contributed by atoms with Crippen molar-refractivity contribution in [3.05, 3.63) is 66.0 Å². The molecule has 164 valence electrons. The molecule has 2 heterocycles. The van der Waals surface area contributed by atoms with Gasteiger partial charge >= 0.3 is 0 Å². The Morgan fingerprint density at radius 1 is 1.03 bits per heavy atom. The quantitative estimate of drug-likeness (QED) is 0.588. The van der Waals surface area contributed by atoms with E-state index in [9.17, 15) is 13.7 Å². The molecule has 9 nitrogen and oxygen atoms in total. The Hall–Kier alpha value is -3.68. The highest BCUT2D eigenvalue weighted by molar-refractivity contribution is 7.92. The van der Waals surface area contributed by atoms with Gasteiger partial charge in [-0.3, -0.25) is 4.72 Å². The third-order valence-corrected chi connectivity index (χ3v) is 6.31. The lowest BCUT2D eigenvalue weighted by Crippen LogP contribution is -2.36. The van der Waals surface area contributed by atoms with Crippen LogP contribution in [0, 0.1) is 18.3 Å². The Bertz CT molecular complexity index is 1250. The fraction of sp³-hybridized carbons (Fsp3) is 0.227. The molecule has 1 aromatic heterocycles. The molecule has 4 rings (SSSR count). The van der Waals surface area contributed by atoms with E-state index in [2.05, 4.69) is 24.9 Å². The summed E-state index contributed by atoms with van der Waals surface area (Å²) >= 11 is 0. The predicted molar refractivity (Wildman–Crippen MR) is 121 cm³/mol. The number of nitriles is 1. The summed E-state index contributed by atoms with van der Waals surface area (Å²) in [6.07, 6.45) is 0. The van der Waals surface area contributed by atoms with Gasteiger partial charge in [0.15, 0.2) is 0 Å². The van der Waals surface area contributed by atoms with Gasteiger partial charge in [-0.15, -0.1) is 0 Å². The number of anilines is 4. The van der Waals surface area contributed by atoms with Crippen LogP contribution in [0.2, 0.25) is 0 Å². The highest BCUT2D eigenvalue weighted by atomic mass is 32.2. The topological polar surface area (TPSA) is 120 Å². The first kappa shape index (κ1) is 21.5. The van der Waals surface area contributed by atoms with Gasteiger partial charge in [-0.2, -0.15) is 5.26 Å². The minimum absolute atomic E-state index is 0.0585. The summed E-state index contributed by atoms with van der Waals surface area (Å²) in [6, 6.07) is 16.7. The van der Waals surface area contributed by atoms with Crippen LogP contribution in [0.5, 0.6) is 0 Å². The Balaban J connectivity index is 1.49. The summed E-state index contributed by atoms with van der Waals surface area (Å²) in [4.78, 5) is 11.1. The minimum atomic E-state index is -3.88. The smallest absolute Gasteiger partial charge is 0.263 e. The van der Waals surface area contributed by atoms with E-state index in [1.807, 2.05) is 19.1 Å². The molecule has 0 amide bonds. The Morgan fingerprint density at radius 2 is 1.72 bits per heavy atom. The maximum Gasteiger partial charge on any atom is 0.263 e. The zero-order valence-electron chi connectivity index (χ0n) is 17.4. The number of ether oxygens (including phenoxy) is 1. The van der Waals surface area contributed by atoms with Crippen LogP contribution in [-0.4, -0.2) is 44.7 Å². The van der Waals surface area contributed by atoms with Gasteiger partial charge in [-0.25, -0.2) is 18.4 Å². The Morgan fingerprint density at radius 3 is 2.44 bits per heavy atom. The van der Waals surface area contributed by atoms with Crippen LogP contribution >= 0.6 is 0 Å². The largest absolute Gasteiger partial charge is 0.378 e. The summed E-state index contributed by atoms with van der Waals surface area (Å²) < 4.78 is 33.3. The number of benzene rings is 2. The zero-order valence-corrected chi connectivity index (χ0v) is 18.3. The number of sulfonamides is 1. The summed E-state index contributed by atoms with van der Waals surface area (Å²) in [5.74, 6) is 2.14. The summed E-state index contributed by atoms with van der Waals surface area (Å²) in [5.41, 5.74) is 1.22. The second-order valence-electron chi connectivity index (χ2n) is 7.17. The van der Waals surface area contributed by atoms with Crippen molar-refractivity contribution in [2.45, 2.75) is 11.8 Å².